The van der Waals surface area contributed by atoms with Crippen LogP contribution in [0.2, 0.25) is 15.1 Å². The molecule has 4 aromatic rings. The van der Waals surface area contributed by atoms with Gasteiger partial charge in [-0.1, -0.05) is 46.9 Å². The van der Waals surface area contributed by atoms with E-state index in [2.05, 4.69) is 21.6 Å². The molecule has 2 aromatic carbocycles. The lowest BCUT2D eigenvalue weighted by Gasteiger charge is -2.08. The van der Waals surface area contributed by atoms with Gasteiger partial charge in [0.15, 0.2) is 18.2 Å². The smallest absolute Gasteiger partial charge is 0.277 e. The summed E-state index contributed by atoms with van der Waals surface area (Å²) in [6, 6.07) is 12.8. The quantitative estimate of drug-likeness (QED) is 0.335. The van der Waals surface area contributed by atoms with E-state index in [1.54, 1.807) is 35.3 Å². The first kappa shape index (κ1) is 23.2. The van der Waals surface area contributed by atoms with Crippen LogP contribution in [0.5, 0.6) is 5.75 Å². The summed E-state index contributed by atoms with van der Waals surface area (Å²) in [7, 11) is 0. The Morgan fingerprint density at radius 3 is 2.45 bits per heavy atom. The molecule has 7 nitrogen and oxygen atoms in total. The zero-order valence-electron chi connectivity index (χ0n) is 17.8. The number of nitrogens with one attached hydrogen (secondary N) is 1. The van der Waals surface area contributed by atoms with Crippen LogP contribution in [-0.4, -0.2) is 25.5 Å². The van der Waals surface area contributed by atoms with Gasteiger partial charge in [0.05, 0.1) is 6.54 Å². The maximum Gasteiger partial charge on any atom is 0.277 e. The number of amides is 1. The topological polar surface area (TPSA) is 74.0 Å². The second-order valence-electron chi connectivity index (χ2n) is 7.55. The van der Waals surface area contributed by atoms with Gasteiger partial charge >= 0.3 is 0 Å². The Morgan fingerprint density at radius 1 is 0.970 bits per heavy atom. The maximum absolute atomic E-state index is 12.6. The molecule has 0 fully saturated rings. The standard InChI is InChI=1S/C23H20Cl3N5O2/c1-14-7-15(2)9-18(8-14)33-13-30-6-5-21(28-30)23(32)27-22-20(26)12-31(29-22)11-16-3-4-17(24)10-19(16)25/h3-10,12H,11,13H2,1-2H3,(H,27,29,32). The highest BCUT2D eigenvalue weighted by atomic mass is 35.5. The summed E-state index contributed by atoms with van der Waals surface area (Å²) in [5, 5.41) is 12.7. The van der Waals surface area contributed by atoms with Crippen LogP contribution in [0.15, 0.2) is 54.9 Å². The first-order valence-electron chi connectivity index (χ1n) is 9.99. The molecule has 1 N–H and O–H groups in total. The lowest BCUT2D eigenvalue weighted by atomic mass is 10.1. The van der Waals surface area contributed by atoms with Crippen molar-refractivity contribution >= 4 is 46.5 Å². The molecule has 33 heavy (non-hydrogen) atoms. The molecular weight excluding hydrogens is 485 g/mol. The fourth-order valence-electron chi connectivity index (χ4n) is 3.27. The van der Waals surface area contributed by atoms with E-state index in [1.807, 2.05) is 32.0 Å². The van der Waals surface area contributed by atoms with Gasteiger partial charge in [-0.2, -0.15) is 10.2 Å². The Hall–Kier alpha value is -3.00. The molecule has 0 bridgehead atoms. The Kier molecular flexibility index (Phi) is 6.93. The van der Waals surface area contributed by atoms with Gasteiger partial charge in [0.25, 0.3) is 5.91 Å². The van der Waals surface area contributed by atoms with Gasteiger partial charge in [-0.15, -0.1) is 0 Å². The van der Waals surface area contributed by atoms with E-state index in [0.29, 0.717) is 21.6 Å². The van der Waals surface area contributed by atoms with E-state index in [0.717, 1.165) is 22.4 Å². The van der Waals surface area contributed by atoms with Crippen molar-refractivity contribution in [3.05, 3.63) is 92.3 Å². The lowest BCUT2D eigenvalue weighted by molar-refractivity contribution is 0.101. The molecule has 1 amide bonds. The minimum atomic E-state index is -0.433. The number of ether oxygens (including phenoxy) is 1. The van der Waals surface area contributed by atoms with Gasteiger partial charge in [0, 0.05) is 22.4 Å². The highest BCUT2D eigenvalue weighted by Crippen LogP contribution is 2.24. The van der Waals surface area contributed by atoms with E-state index in [-0.39, 0.29) is 18.2 Å². The van der Waals surface area contributed by atoms with Crippen molar-refractivity contribution in [1.29, 1.82) is 0 Å². The van der Waals surface area contributed by atoms with E-state index in [4.69, 9.17) is 39.5 Å². The van der Waals surface area contributed by atoms with Gasteiger partial charge in [-0.05, 0) is 60.9 Å². The summed E-state index contributed by atoms with van der Waals surface area (Å²) in [4.78, 5) is 12.6. The molecule has 0 saturated heterocycles. The zero-order valence-corrected chi connectivity index (χ0v) is 20.1. The van der Waals surface area contributed by atoms with Crippen molar-refractivity contribution < 1.29 is 9.53 Å². The van der Waals surface area contributed by atoms with Crippen molar-refractivity contribution in [2.75, 3.05) is 5.32 Å². The number of nitrogens with zero attached hydrogens (tertiary/aromatic N) is 4. The fourth-order valence-corrected chi connectivity index (χ4v) is 3.94. The Morgan fingerprint density at radius 2 is 1.73 bits per heavy atom. The van der Waals surface area contributed by atoms with Crippen LogP contribution in [-0.2, 0) is 13.3 Å². The second kappa shape index (κ2) is 9.87. The predicted molar refractivity (Wildman–Crippen MR) is 130 cm³/mol. The summed E-state index contributed by atoms with van der Waals surface area (Å²) in [6.07, 6.45) is 3.28. The van der Waals surface area contributed by atoms with E-state index >= 15 is 0 Å². The molecule has 10 heteroatoms. The molecule has 0 aliphatic heterocycles. The molecule has 0 atom stereocenters. The summed E-state index contributed by atoms with van der Waals surface area (Å²) in [6.45, 7) is 4.56. The van der Waals surface area contributed by atoms with Crippen LogP contribution in [0.3, 0.4) is 0 Å². The van der Waals surface area contributed by atoms with Gasteiger partial charge < -0.3 is 10.1 Å². The van der Waals surface area contributed by atoms with Crippen LogP contribution in [0.25, 0.3) is 0 Å². The highest BCUT2D eigenvalue weighted by molar-refractivity contribution is 6.35. The van der Waals surface area contributed by atoms with E-state index < -0.39 is 5.91 Å². The third kappa shape index (κ3) is 5.87. The number of hydrogen-bond acceptors (Lipinski definition) is 4. The largest absolute Gasteiger partial charge is 0.471 e. The molecule has 0 spiro atoms. The third-order valence-corrected chi connectivity index (χ3v) is 5.59. The molecule has 0 aliphatic rings. The van der Waals surface area contributed by atoms with Crippen molar-refractivity contribution in [2.45, 2.75) is 27.1 Å². The molecule has 2 aromatic heterocycles. The summed E-state index contributed by atoms with van der Waals surface area (Å²) in [5.74, 6) is 0.539. The average Bonchev–Trinajstić information content (AvgIpc) is 3.35. The predicted octanol–water partition coefficient (Wildman–Crippen LogP) is 5.99. The minimum absolute atomic E-state index is 0.174. The number of halogens is 3. The van der Waals surface area contributed by atoms with Crippen LogP contribution >= 0.6 is 34.8 Å². The summed E-state index contributed by atoms with van der Waals surface area (Å²) >= 11 is 18.4. The Bertz CT molecular complexity index is 1300. The van der Waals surface area contributed by atoms with Crippen molar-refractivity contribution in [3.8, 4) is 5.75 Å². The van der Waals surface area contributed by atoms with Crippen LogP contribution < -0.4 is 10.1 Å². The molecular formula is C23H20Cl3N5O2. The first-order valence-corrected chi connectivity index (χ1v) is 11.1. The number of anilines is 1. The molecule has 0 unspecified atom stereocenters. The van der Waals surface area contributed by atoms with Crippen LogP contribution in [0.4, 0.5) is 5.82 Å². The lowest BCUT2D eigenvalue weighted by Crippen LogP contribution is -2.15. The zero-order chi connectivity index (χ0) is 23.5. The SMILES string of the molecule is Cc1cc(C)cc(OCn2ccc(C(=O)Nc3nn(Cc4ccc(Cl)cc4Cl)cc3Cl)n2)c1. The number of aromatic nitrogens is 4. The number of benzene rings is 2. The molecule has 0 radical (unpaired) electrons. The van der Waals surface area contributed by atoms with E-state index in [9.17, 15) is 4.79 Å². The number of aryl methyl sites for hydroxylation is 2. The fraction of sp³-hybridized carbons (Fsp3) is 0.174. The molecule has 2 heterocycles. The Balaban J connectivity index is 1.39. The van der Waals surface area contributed by atoms with Crippen molar-refractivity contribution in [2.24, 2.45) is 0 Å². The molecule has 0 saturated carbocycles. The monoisotopic (exact) mass is 503 g/mol. The van der Waals surface area contributed by atoms with Crippen molar-refractivity contribution in [1.82, 2.24) is 19.6 Å². The molecule has 170 valence electrons. The number of rotatable bonds is 7. The summed E-state index contributed by atoms with van der Waals surface area (Å²) < 4.78 is 8.90. The van der Waals surface area contributed by atoms with E-state index in [1.165, 1.54) is 4.68 Å². The molecule has 4 rings (SSSR count). The van der Waals surface area contributed by atoms with Gasteiger partial charge in [0.2, 0.25) is 0 Å². The van der Waals surface area contributed by atoms with Crippen LogP contribution in [0, 0.1) is 13.8 Å². The number of carbonyl (C=O) groups excluding carboxylic acids is 1. The van der Waals surface area contributed by atoms with Gasteiger partial charge in [-0.25, -0.2) is 4.68 Å². The minimum Gasteiger partial charge on any atom is -0.471 e. The first-order chi connectivity index (χ1) is 15.8. The number of hydrogen-bond donors (Lipinski definition) is 1. The average molecular weight is 505 g/mol. The summed E-state index contributed by atoms with van der Waals surface area (Å²) in [5.41, 5.74) is 3.26. The van der Waals surface area contributed by atoms with Crippen molar-refractivity contribution in [3.63, 3.8) is 0 Å². The maximum atomic E-state index is 12.6. The highest BCUT2D eigenvalue weighted by Gasteiger charge is 2.15. The third-order valence-electron chi connectivity index (χ3n) is 4.73. The number of carbonyl (C=O) groups is 1. The van der Waals surface area contributed by atoms with Gasteiger partial charge in [0.1, 0.15) is 10.8 Å². The van der Waals surface area contributed by atoms with Crippen LogP contribution in [0.1, 0.15) is 27.2 Å². The second-order valence-corrected chi connectivity index (χ2v) is 8.80. The van der Waals surface area contributed by atoms with Gasteiger partial charge in [-0.3, -0.25) is 9.48 Å². The molecule has 0 aliphatic carbocycles. The Labute approximate surface area is 205 Å². The normalized spacial score (nSPS) is 10.9.